The molecule has 2 aliphatic rings. The summed E-state index contributed by atoms with van der Waals surface area (Å²) in [6.07, 6.45) is 0. The third-order valence-corrected chi connectivity index (χ3v) is 6.74. The molecule has 9 heteroatoms. The maximum Gasteiger partial charge on any atom is 0.340 e. The molecule has 5 nitrogen and oxygen atoms in total. The third kappa shape index (κ3) is 3.44. The maximum absolute atomic E-state index is 14.7. The number of esters is 2. The number of rotatable bonds is 1. The number of benzene rings is 3. The fourth-order valence-corrected chi connectivity index (χ4v) is 4.81. The molecule has 0 aliphatic carbocycles. The first-order valence-corrected chi connectivity index (χ1v) is 11.8. The summed E-state index contributed by atoms with van der Waals surface area (Å²) < 4.78 is 47.1. The van der Waals surface area contributed by atoms with Gasteiger partial charge in [0.2, 0.25) is 0 Å². The van der Waals surface area contributed by atoms with Gasteiger partial charge < -0.3 is 14.2 Å². The summed E-state index contributed by atoms with van der Waals surface area (Å²) in [7, 11) is 0. The van der Waals surface area contributed by atoms with Crippen LogP contribution in [0.3, 0.4) is 0 Å². The molecule has 0 atom stereocenters. The van der Waals surface area contributed by atoms with E-state index in [-0.39, 0.29) is 48.3 Å². The van der Waals surface area contributed by atoms with Gasteiger partial charge in [0.25, 0.3) is 0 Å². The lowest BCUT2D eigenvalue weighted by Gasteiger charge is -2.36. The Morgan fingerprint density at radius 3 is 2.00 bits per heavy atom. The average Bonchev–Trinajstić information content (AvgIpc) is 3.03. The molecule has 2 aliphatic heterocycles. The van der Waals surface area contributed by atoms with Crippen molar-refractivity contribution in [2.24, 2.45) is 0 Å². The molecular formula is C25H16Br2F2O5. The Morgan fingerprint density at radius 1 is 0.912 bits per heavy atom. The Bertz CT molecular complexity index is 1350. The average molecular weight is 594 g/mol. The lowest BCUT2D eigenvalue weighted by molar-refractivity contribution is 0.00692. The van der Waals surface area contributed by atoms with Crippen LogP contribution in [0.25, 0.3) is 0 Å². The zero-order chi connectivity index (χ0) is 24.6. The summed E-state index contributed by atoms with van der Waals surface area (Å²) in [6.45, 7) is 5.20. The number of carbonyl (C=O) groups is 2. The summed E-state index contributed by atoms with van der Waals surface area (Å²) >= 11 is 6.29. The van der Waals surface area contributed by atoms with Gasteiger partial charge in [-0.05, 0) is 95.1 Å². The molecule has 0 radical (unpaired) electrons. The molecule has 0 unspecified atom stereocenters. The monoisotopic (exact) mass is 592 g/mol. The third-order valence-electron chi connectivity index (χ3n) is 5.52. The first kappa shape index (κ1) is 23.0. The molecule has 1 spiro atoms. The van der Waals surface area contributed by atoms with Crippen LogP contribution in [0.5, 0.6) is 11.5 Å². The highest BCUT2D eigenvalue weighted by molar-refractivity contribution is 9.10. The topological polar surface area (TPSA) is 61.8 Å². The van der Waals surface area contributed by atoms with Gasteiger partial charge in [0, 0.05) is 5.56 Å². The van der Waals surface area contributed by atoms with E-state index in [1.165, 1.54) is 42.5 Å². The lowest BCUT2D eigenvalue weighted by Crippen LogP contribution is -2.33. The predicted octanol–water partition coefficient (Wildman–Crippen LogP) is 7.01. The van der Waals surface area contributed by atoms with E-state index in [1.54, 1.807) is 20.8 Å². The molecule has 34 heavy (non-hydrogen) atoms. The van der Waals surface area contributed by atoms with Gasteiger partial charge in [-0.1, -0.05) is 0 Å². The smallest absolute Gasteiger partial charge is 0.340 e. The van der Waals surface area contributed by atoms with Gasteiger partial charge in [-0.15, -0.1) is 0 Å². The number of fused-ring (bicyclic) bond motifs is 6. The molecule has 0 bridgehead atoms. The van der Waals surface area contributed by atoms with Crippen LogP contribution >= 0.6 is 31.9 Å². The second-order valence-electron chi connectivity index (χ2n) is 8.96. The molecule has 0 aromatic heterocycles. The quantitative estimate of drug-likeness (QED) is 0.284. The molecule has 5 rings (SSSR count). The van der Waals surface area contributed by atoms with Crippen LogP contribution in [0.4, 0.5) is 8.78 Å². The van der Waals surface area contributed by atoms with Gasteiger partial charge in [0.1, 0.15) is 28.7 Å². The van der Waals surface area contributed by atoms with Gasteiger partial charge in [0.15, 0.2) is 5.60 Å². The first-order chi connectivity index (χ1) is 15.9. The van der Waals surface area contributed by atoms with Crippen molar-refractivity contribution in [3.05, 3.63) is 90.9 Å². The van der Waals surface area contributed by atoms with E-state index in [0.29, 0.717) is 0 Å². The van der Waals surface area contributed by atoms with E-state index in [2.05, 4.69) is 31.9 Å². The second kappa shape index (κ2) is 7.61. The van der Waals surface area contributed by atoms with Crippen molar-refractivity contribution in [2.75, 3.05) is 0 Å². The largest absolute Gasteiger partial charge is 0.456 e. The first-order valence-electron chi connectivity index (χ1n) is 10.2. The predicted molar refractivity (Wildman–Crippen MR) is 125 cm³/mol. The molecule has 0 N–H and O–H groups in total. The van der Waals surface area contributed by atoms with E-state index in [9.17, 15) is 18.4 Å². The molecule has 0 fully saturated rings. The van der Waals surface area contributed by atoms with Crippen LogP contribution in [0.1, 0.15) is 58.2 Å². The minimum atomic E-state index is -1.74. The van der Waals surface area contributed by atoms with Crippen LogP contribution in [-0.2, 0) is 15.1 Å². The van der Waals surface area contributed by atoms with Gasteiger partial charge >= 0.3 is 11.9 Å². The zero-order valence-electron chi connectivity index (χ0n) is 18.1. The fourth-order valence-electron chi connectivity index (χ4n) is 4.17. The Morgan fingerprint density at radius 2 is 1.47 bits per heavy atom. The molecule has 0 saturated heterocycles. The second-order valence-corrected chi connectivity index (χ2v) is 10.7. The van der Waals surface area contributed by atoms with Gasteiger partial charge in [-0.25, -0.2) is 18.4 Å². The van der Waals surface area contributed by atoms with Crippen LogP contribution in [0, 0.1) is 11.6 Å². The van der Waals surface area contributed by atoms with Gasteiger partial charge in [0.05, 0.1) is 31.2 Å². The number of halogens is 4. The highest BCUT2D eigenvalue weighted by atomic mass is 79.9. The minimum absolute atomic E-state index is 0.137. The van der Waals surface area contributed by atoms with Crippen molar-refractivity contribution < 1.29 is 32.6 Å². The Labute approximate surface area is 210 Å². The summed E-state index contributed by atoms with van der Waals surface area (Å²) in [4.78, 5) is 25.8. The number of carbonyl (C=O) groups excluding carboxylic acids is 2. The summed E-state index contributed by atoms with van der Waals surface area (Å²) in [5, 5.41) is 0. The molecule has 3 aromatic rings. The molecule has 2 heterocycles. The molecule has 0 amide bonds. The number of hydrogen-bond donors (Lipinski definition) is 0. The van der Waals surface area contributed by atoms with E-state index < -0.39 is 34.8 Å². The molecule has 3 aromatic carbocycles. The van der Waals surface area contributed by atoms with E-state index in [1.807, 2.05) is 0 Å². The molecular weight excluding hydrogens is 578 g/mol. The summed E-state index contributed by atoms with van der Waals surface area (Å²) in [6, 6.07) is 9.54. The highest BCUT2D eigenvalue weighted by Crippen LogP contribution is 2.57. The van der Waals surface area contributed by atoms with Crippen molar-refractivity contribution >= 4 is 43.8 Å². The van der Waals surface area contributed by atoms with Crippen LogP contribution < -0.4 is 4.74 Å². The van der Waals surface area contributed by atoms with Crippen molar-refractivity contribution in [1.82, 2.24) is 0 Å². The van der Waals surface area contributed by atoms with Crippen LogP contribution in [0.2, 0.25) is 0 Å². The van der Waals surface area contributed by atoms with Crippen molar-refractivity contribution in [3.8, 4) is 11.5 Å². The van der Waals surface area contributed by atoms with E-state index in [0.717, 1.165) is 0 Å². The van der Waals surface area contributed by atoms with Gasteiger partial charge in [-0.2, -0.15) is 0 Å². The Balaban J connectivity index is 1.82. The highest BCUT2D eigenvalue weighted by Gasteiger charge is 2.54. The van der Waals surface area contributed by atoms with Crippen LogP contribution in [0.15, 0.2) is 51.4 Å². The maximum atomic E-state index is 14.7. The SMILES string of the molecule is CC(C)(C)OC(=O)c1ccc2c(c1)C1(OC2=O)c2cc(F)c(Br)cc2Oc2cc(Br)c(F)cc21. The van der Waals surface area contributed by atoms with Gasteiger partial charge in [-0.3, -0.25) is 0 Å². The van der Waals surface area contributed by atoms with E-state index >= 15 is 0 Å². The summed E-state index contributed by atoms with van der Waals surface area (Å²) in [5.41, 5.74) is -1.57. The lowest BCUT2D eigenvalue weighted by atomic mass is 9.77. The Kier molecular flexibility index (Phi) is 5.15. The van der Waals surface area contributed by atoms with Crippen LogP contribution in [-0.4, -0.2) is 17.5 Å². The Hall–Kier alpha value is -2.78. The molecule has 0 saturated carbocycles. The number of hydrogen-bond acceptors (Lipinski definition) is 5. The normalized spacial score (nSPS) is 15.2. The van der Waals surface area contributed by atoms with E-state index in [4.69, 9.17) is 14.2 Å². The van der Waals surface area contributed by atoms with Crippen molar-refractivity contribution in [1.29, 1.82) is 0 Å². The van der Waals surface area contributed by atoms with Crippen molar-refractivity contribution in [2.45, 2.75) is 32.0 Å². The minimum Gasteiger partial charge on any atom is -0.456 e. The standard InChI is InChI=1S/C25H16Br2F2O5/c1-24(2,3)33-22(30)11-4-5-12-13(6-11)25(34-23(12)31)14-7-18(28)16(26)9-20(14)32-21-10-17(27)19(29)8-15(21)25/h4-10H,1-3H3. The number of ether oxygens (including phenoxy) is 3. The fraction of sp³-hybridized carbons (Fsp3) is 0.200. The zero-order valence-corrected chi connectivity index (χ0v) is 21.3. The van der Waals surface area contributed by atoms with Crippen molar-refractivity contribution in [3.63, 3.8) is 0 Å². The summed E-state index contributed by atoms with van der Waals surface area (Å²) in [5.74, 6) is -2.14. The molecule has 174 valence electrons.